The molecule has 0 radical (unpaired) electrons. The van der Waals surface area contributed by atoms with E-state index in [9.17, 15) is 0 Å². The van der Waals surface area contributed by atoms with Gasteiger partial charge in [-0.2, -0.15) is 0 Å². The summed E-state index contributed by atoms with van der Waals surface area (Å²) in [7, 11) is 0. The van der Waals surface area contributed by atoms with Crippen LogP contribution in [0.3, 0.4) is 0 Å². The van der Waals surface area contributed by atoms with E-state index in [1.165, 1.54) is 29.3 Å². The van der Waals surface area contributed by atoms with Gasteiger partial charge in [0, 0.05) is 36.1 Å². The summed E-state index contributed by atoms with van der Waals surface area (Å²) in [6.45, 7) is 13.9. The fourth-order valence-electron chi connectivity index (χ4n) is 5.26. The molecule has 0 aliphatic rings. The average molecular weight is 607 g/mol. The number of rotatable bonds is 9. The molecular weight excluding hydrogens is 569 g/mol. The molecule has 0 saturated carbocycles. The third-order valence-corrected chi connectivity index (χ3v) is 13.4. The maximum Gasteiger partial charge on any atom is 0.110 e. The monoisotopic (exact) mass is 606 g/mol. The maximum atomic E-state index is 5.49. The van der Waals surface area contributed by atoms with Crippen molar-refractivity contribution in [2.45, 2.75) is 71.6 Å². The fraction of sp³-hybridized carbons (Fsp3) is 0.297. The van der Waals surface area contributed by atoms with Crippen LogP contribution in [0.25, 0.3) is 53.1 Å². The molecule has 0 aliphatic heterocycles. The van der Waals surface area contributed by atoms with Crippen LogP contribution in [0.4, 0.5) is 0 Å². The number of nitrogens with zero attached hydrogens (tertiary/aromatic N) is 2. The van der Waals surface area contributed by atoms with Gasteiger partial charge in [-0.15, -0.1) is 34.0 Å². The molecule has 2 aromatic carbocycles. The molecule has 6 rings (SSSR count). The van der Waals surface area contributed by atoms with E-state index in [0.29, 0.717) is 0 Å². The second kappa shape index (κ2) is 11.5. The number of aromatic nitrogens is 2. The van der Waals surface area contributed by atoms with Gasteiger partial charge in [-0.25, -0.2) is 9.97 Å². The predicted octanol–water partition coefficient (Wildman–Crippen LogP) is 12.2. The molecule has 2 nitrogen and oxygen atoms in total. The molecule has 6 aromatic rings. The van der Waals surface area contributed by atoms with Gasteiger partial charge in [0.1, 0.15) is 11.0 Å². The van der Waals surface area contributed by atoms with Crippen molar-refractivity contribution in [1.82, 2.24) is 9.97 Å². The lowest BCUT2D eigenvalue weighted by molar-refractivity contribution is 0.448. The van der Waals surface area contributed by atoms with E-state index in [-0.39, 0.29) is 10.8 Å². The summed E-state index contributed by atoms with van der Waals surface area (Å²) in [5.41, 5.74) is 6.38. The van der Waals surface area contributed by atoms with Crippen LogP contribution in [-0.4, -0.2) is 9.97 Å². The van der Waals surface area contributed by atoms with Crippen molar-refractivity contribution < 1.29 is 0 Å². The standard InChI is InChI=1S/C37H38N2S3/c1-7-36(4,5)28-22-20-26(40-28)34-32-33(35(42-34)27-21-23-29(41-27)37(6,8-2)9-3)39-31(25-18-14-11-15-19-25)30(38-32)24-16-12-10-13-17-24/h10-23H,7-9H2,1-6H3. The summed E-state index contributed by atoms with van der Waals surface area (Å²) < 4.78 is 0. The van der Waals surface area contributed by atoms with Crippen LogP contribution < -0.4 is 0 Å². The minimum absolute atomic E-state index is 0.146. The molecular formula is C37H38N2S3. The molecule has 0 unspecified atom stereocenters. The van der Waals surface area contributed by atoms with E-state index in [1.807, 2.05) is 34.0 Å². The summed E-state index contributed by atoms with van der Waals surface area (Å²) in [5, 5.41) is 0. The van der Waals surface area contributed by atoms with Gasteiger partial charge in [0.05, 0.1) is 21.1 Å². The topological polar surface area (TPSA) is 25.8 Å². The zero-order chi connectivity index (χ0) is 29.5. The number of hydrogen-bond acceptors (Lipinski definition) is 5. The van der Waals surface area contributed by atoms with Crippen LogP contribution in [0, 0.1) is 0 Å². The number of hydrogen-bond donors (Lipinski definition) is 0. The highest BCUT2D eigenvalue weighted by atomic mass is 32.1. The Balaban J connectivity index is 1.64. The highest BCUT2D eigenvalue weighted by molar-refractivity contribution is 7.28. The van der Waals surface area contributed by atoms with Gasteiger partial charge in [-0.3, -0.25) is 0 Å². The average Bonchev–Trinajstić information content (AvgIpc) is 3.80. The SMILES string of the molecule is CCC(C)(C)c1ccc(-c2sc(-c3ccc(C(C)(CC)CC)s3)c3nc(-c4ccccc4)c(-c4ccccc4)nc23)s1. The summed E-state index contributed by atoms with van der Waals surface area (Å²) >= 11 is 5.69. The molecule has 0 fully saturated rings. The normalized spacial score (nSPS) is 12.3. The minimum Gasteiger partial charge on any atom is -0.242 e. The van der Waals surface area contributed by atoms with Crippen LogP contribution in [0.2, 0.25) is 0 Å². The Morgan fingerprint density at radius 3 is 1.43 bits per heavy atom. The van der Waals surface area contributed by atoms with Crippen LogP contribution >= 0.6 is 34.0 Å². The second-order valence-corrected chi connectivity index (χ2v) is 15.1. The Kier molecular flexibility index (Phi) is 7.95. The van der Waals surface area contributed by atoms with Gasteiger partial charge < -0.3 is 0 Å². The van der Waals surface area contributed by atoms with Gasteiger partial charge in [-0.1, -0.05) is 102 Å². The first-order chi connectivity index (χ1) is 20.3. The summed E-state index contributed by atoms with van der Waals surface area (Å²) in [5.74, 6) is 0. The lowest BCUT2D eigenvalue weighted by atomic mass is 9.83. The van der Waals surface area contributed by atoms with Crippen LogP contribution in [-0.2, 0) is 10.8 Å². The smallest absolute Gasteiger partial charge is 0.110 e. The maximum absolute atomic E-state index is 5.49. The zero-order valence-corrected chi connectivity index (χ0v) is 27.8. The Morgan fingerprint density at radius 1 is 0.524 bits per heavy atom. The van der Waals surface area contributed by atoms with E-state index in [2.05, 4.69) is 126 Å². The van der Waals surface area contributed by atoms with E-state index >= 15 is 0 Å². The van der Waals surface area contributed by atoms with E-state index in [1.54, 1.807) is 0 Å². The molecule has 0 saturated heterocycles. The zero-order valence-electron chi connectivity index (χ0n) is 25.3. The Hall–Kier alpha value is -3.12. The number of thiophene rings is 3. The van der Waals surface area contributed by atoms with Crippen molar-refractivity contribution in [2.24, 2.45) is 0 Å². The predicted molar refractivity (Wildman–Crippen MR) is 186 cm³/mol. The number of fused-ring (bicyclic) bond motifs is 1. The molecule has 0 bridgehead atoms. The first kappa shape index (κ1) is 29.0. The Labute approximate surface area is 262 Å². The summed E-state index contributed by atoms with van der Waals surface area (Å²) in [4.78, 5) is 18.8. The van der Waals surface area contributed by atoms with Gasteiger partial charge >= 0.3 is 0 Å². The third kappa shape index (κ3) is 5.16. The molecule has 0 aliphatic carbocycles. The Bertz CT molecular complexity index is 1820. The lowest BCUT2D eigenvalue weighted by Gasteiger charge is -2.25. The van der Waals surface area contributed by atoms with Gasteiger partial charge in [0.25, 0.3) is 0 Å². The molecule has 0 N–H and O–H groups in total. The van der Waals surface area contributed by atoms with Gasteiger partial charge in [-0.05, 0) is 48.9 Å². The van der Waals surface area contributed by atoms with E-state index in [4.69, 9.17) is 9.97 Å². The minimum atomic E-state index is 0.146. The van der Waals surface area contributed by atoms with Crippen molar-refractivity contribution in [1.29, 1.82) is 0 Å². The van der Waals surface area contributed by atoms with Crippen molar-refractivity contribution in [3.63, 3.8) is 0 Å². The van der Waals surface area contributed by atoms with Crippen molar-refractivity contribution in [2.75, 3.05) is 0 Å². The molecule has 4 heterocycles. The lowest BCUT2D eigenvalue weighted by Crippen LogP contribution is -2.17. The third-order valence-electron chi connectivity index (χ3n) is 8.99. The van der Waals surface area contributed by atoms with Crippen molar-refractivity contribution in [3.8, 4) is 42.0 Å². The first-order valence-corrected chi connectivity index (χ1v) is 17.4. The van der Waals surface area contributed by atoms with Gasteiger partial charge in [0.2, 0.25) is 0 Å². The van der Waals surface area contributed by atoms with Crippen LogP contribution in [0.5, 0.6) is 0 Å². The molecule has 214 valence electrons. The first-order valence-electron chi connectivity index (χ1n) is 14.9. The Morgan fingerprint density at radius 2 is 0.976 bits per heavy atom. The van der Waals surface area contributed by atoms with Crippen molar-refractivity contribution in [3.05, 3.63) is 94.7 Å². The molecule has 4 aromatic heterocycles. The molecule has 0 spiro atoms. The number of benzene rings is 2. The molecule has 0 atom stereocenters. The summed E-state index contributed by atoms with van der Waals surface area (Å²) in [6, 6.07) is 30.3. The molecule has 5 heteroatoms. The quantitative estimate of drug-likeness (QED) is 0.164. The second-order valence-electron chi connectivity index (χ2n) is 11.9. The highest BCUT2D eigenvalue weighted by Crippen LogP contribution is 2.50. The molecule has 0 amide bonds. The largest absolute Gasteiger partial charge is 0.242 e. The molecule has 42 heavy (non-hydrogen) atoms. The fourth-order valence-corrected chi connectivity index (χ4v) is 9.13. The summed E-state index contributed by atoms with van der Waals surface area (Å²) in [6.07, 6.45) is 3.36. The van der Waals surface area contributed by atoms with E-state index < -0.39 is 0 Å². The van der Waals surface area contributed by atoms with Crippen LogP contribution in [0.15, 0.2) is 84.9 Å². The van der Waals surface area contributed by atoms with Crippen molar-refractivity contribution >= 4 is 45.0 Å². The van der Waals surface area contributed by atoms with E-state index in [0.717, 1.165) is 52.8 Å². The van der Waals surface area contributed by atoms with Gasteiger partial charge in [0.15, 0.2) is 0 Å². The van der Waals surface area contributed by atoms with Crippen LogP contribution in [0.1, 0.15) is 70.6 Å². The highest BCUT2D eigenvalue weighted by Gasteiger charge is 2.28.